The van der Waals surface area contributed by atoms with Crippen LogP contribution in [-0.2, 0) is 32.9 Å². The summed E-state index contributed by atoms with van der Waals surface area (Å²) in [7, 11) is -1.70. The van der Waals surface area contributed by atoms with E-state index in [9.17, 15) is 0 Å². The van der Waals surface area contributed by atoms with Gasteiger partial charge in [0.25, 0.3) is 0 Å². The number of hydrogen-bond acceptors (Lipinski definition) is 4. The summed E-state index contributed by atoms with van der Waals surface area (Å²) in [5.41, 5.74) is 7.22. The molecule has 3 aromatic carbocycles. The van der Waals surface area contributed by atoms with E-state index in [0.29, 0.717) is 22.6 Å². The van der Waals surface area contributed by atoms with Gasteiger partial charge in [0.05, 0.1) is 19.4 Å². The first kappa shape index (κ1) is 34.3. The zero-order valence-electron chi connectivity index (χ0n) is 36.1. The Labute approximate surface area is 341 Å². The summed E-state index contributed by atoms with van der Waals surface area (Å²) in [5, 5.41) is 2.99. The number of benzene rings is 3. The van der Waals surface area contributed by atoms with E-state index in [1.807, 2.05) is 124 Å². The van der Waals surface area contributed by atoms with Crippen molar-refractivity contribution >= 4 is 35.3 Å². The van der Waals surface area contributed by atoms with Gasteiger partial charge in [-0.2, -0.15) is 0 Å². The van der Waals surface area contributed by atoms with E-state index in [1.54, 1.807) is 6.20 Å². The molecule has 1 radical (unpaired) electrons. The molecule has 8 rings (SSSR count). The molecule has 4 aromatic heterocycles. The van der Waals surface area contributed by atoms with Crippen LogP contribution in [-0.4, -0.2) is 23.0 Å². The van der Waals surface area contributed by atoms with Gasteiger partial charge in [-0.3, -0.25) is 0 Å². The van der Waals surface area contributed by atoms with Crippen molar-refractivity contribution in [2.75, 3.05) is 0 Å². The Hall–Kier alpha value is -4.22. The quantitative estimate of drug-likeness (QED) is 0.118. The van der Waals surface area contributed by atoms with Gasteiger partial charge in [0.1, 0.15) is 0 Å². The SMILES string of the molecule is [2H]C([2H])(c1cc(-c2[c-]cccc2)ncc1[Si](C)(C)C)C(C)(C)C.[2H]C([2H])(c1ccnc(-c2[c-]ccc3c2oc2nc(-c4ccccc4)ccc23)c1)C1CCCCC1.[Ir]. The van der Waals surface area contributed by atoms with Crippen LogP contribution in [0.3, 0.4) is 0 Å². The van der Waals surface area contributed by atoms with Crippen LogP contribution in [0.15, 0.2) is 114 Å². The topological polar surface area (TPSA) is 51.8 Å². The molecule has 6 heteroatoms. The molecule has 1 fully saturated rings. The van der Waals surface area contributed by atoms with Crippen LogP contribution in [0, 0.1) is 23.5 Å². The van der Waals surface area contributed by atoms with E-state index in [4.69, 9.17) is 14.9 Å². The van der Waals surface area contributed by atoms with Crippen molar-refractivity contribution in [1.29, 1.82) is 0 Å². The molecular weight excluding hydrogens is 855 g/mol. The summed E-state index contributed by atoms with van der Waals surface area (Å²) >= 11 is 0. The third-order valence-electron chi connectivity index (χ3n) is 9.57. The van der Waals surface area contributed by atoms with Crippen molar-refractivity contribution in [2.45, 2.75) is 85.3 Å². The van der Waals surface area contributed by atoms with E-state index < -0.39 is 26.2 Å². The Morgan fingerprint density at radius 3 is 2.30 bits per heavy atom. The summed E-state index contributed by atoms with van der Waals surface area (Å²) in [4.78, 5) is 14.0. The minimum absolute atomic E-state index is 0. The summed E-state index contributed by atoms with van der Waals surface area (Å²) < 4.78 is 41.5. The molecule has 0 spiro atoms. The zero-order chi connectivity index (χ0) is 40.6. The van der Waals surface area contributed by atoms with Gasteiger partial charge in [-0.1, -0.05) is 137 Å². The number of rotatable bonds is 7. The van der Waals surface area contributed by atoms with Crippen molar-refractivity contribution < 1.29 is 30.0 Å². The Kier molecular flexibility index (Phi) is 10.8. The smallest absolute Gasteiger partial charge is 0.216 e. The third kappa shape index (κ3) is 9.52. The molecule has 0 unspecified atom stereocenters. The number of pyridine rings is 3. The minimum atomic E-state index is -1.70. The molecule has 279 valence electrons. The van der Waals surface area contributed by atoms with Crippen LogP contribution in [0.2, 0.25) is 19.6 Å². The predicted octanol–water partition coefficient (Wildman–Crippen LogP) is 12.3. The molecule has 0 aliphatic heterocycles. The van der Waals surface area contributed by atoms with E-state index in [2.05, 4.69) is 41.7 Å². The van der Waals surface area contributed by atoms with Crippen molar-refractivity contribution in [3.8, 4) is 33.8 Å². The van der Waals surface area contributed by atoms with Crippen molar-refractivity contribution in [3.05, 3.63) is 133 Å². The number of nitrogens with zero attached hydrogens (tertiary/aromatic N) is 3. The summed E-state index contributed by atoms with van der Waals surface area (Å²) in [6, 6.07) is 37.8. The van der Waals surface area contributed by atoms with Gasteiger partial charge in [-0.15, -0.1) is 54.1 Å². The van der Waals surface area contributed by atoms with E-state index in [-0.39, 0.29) is 26.0 Å². The molecule has 0 saturated heterocycles. The molecule has 1 saturated carbocycles. The first-order chi connectivity index (χ1) is 27.1. The van der Waals surface area contributed by atoms with Gasteiger partial charge in [-0.25, -0.2) is 4.98 Å². The van der Waals surface area contributed by atoms with Crippen LogP contribution >= 0.6 is 0 Å². The molecule has 0 atom stereocenters. The van der Waals surface area contributed by atoms with Crippen LogP contribution in [0.5, 0.6) is 0 Å². The molecule has 4 nitrogen and oxygen atoms in total. The standard InChI is InChI=1S/C29H25N2O.C19H26NSi.Ir/c1-3-8-20(9-4-1)18-21-16-17-30-27(19-21)25-13-7-12-23-24-14-15-26(22-10-5-2-6-11-22)31-29(24)32-28(23)25;1-19(2,3)13-16-12-17(15-10-8-7-9-11-15)20-14-18(16)21(4,5)6;/h2,5-7,10-12,14-17,19-20H,1,3-4,8-9,18H2;7-10,12,14H,13H2,1-6H3;/q2*-1;/i18D2;13D2;. The molecular formula is C48H51IrN3OSi-2. The first-order valence-corrected chi connectivity index (χ1v) is 22.3. The molecule has 54 heavy (non-hydrogen) atoms. The zero-order valence-corrected chi connectivity index (χ0v) is 35.5. The molecule has 4 heterocycles. The van der Waals surface area contributed by atoms with E-state index >= 15 is 0 Å². The van der Waals surface area contributed by atoms with Crippen molar-refractivity contribution in [3.63, 3.8) is 0 Å². The Balaban J connectivity index is 0.000000208. The van der Waals surface area contributed by atoms with Gasteiger partial charge in [0, 0.05) is 48.9 Å². The second-order valence-corrected chi connectivity index (χ2v) is 21.1. The first-order valence-electron chi connectivity index (χ1n) is 20.8. The van der Waals surface area contributed by atoms with Gasteiger partial charge in [-0.05, 0) is 58.9 Å². The largest absolute Gasteiger partial charge is 0.486 e. The second-order valence-electron chi connectivity index (χ2n) is 16.0. The van der Waals surface area contributed by atoms with Crippen LogP contribution in [0.4, 0.5) is 0 Å². The van der Waals surface area contributed by atoms with Crippen molar-refractivity contribution in [1.82, 2.24) is 15.0 Å². The Morgan fingerprint density at radius 2 is 1.57 bits per heavy atom. The van der Waals surface area contributed by atoms with Gasteiger partial charge in [0.15, 0.2) is 0 Å². The van der Waals surface area contributed by atoms with Gasteiger partial charge < -0.3 is 14.4 Å². The number of furan rings is 1. The fourth-order valence-corrected chi connectivity index (χ4v) is 8.38. The average molecular weight is 910 g/mol. The van der Waals surface area contributed by atoms with Gasteiger partial charge in [0.2, 0.25) is 5.71 Å². The Morgan fingerprint density at radius 1 is 0.796 bits per heavy atom. The van der Waals surface area contributed by atoms with E-state index in [1.165, 1.54) is 6.42 Å². The predicted molar refractivity (Wildman–Crippen MR) is 224 cm³/mol. The summed E-state index contributed by atoms with van der Waals surface area (Å²) in [5.74, 6) is 0.0445. The maximum Gasteiger partial charge on any atom is 0.216 e. The molecule has 7 aromatic rings. The van der Waals surface area contributed by atoms with Crippen LogP contribution < -0.4 is 5.19 Å². The molecule has 0 N–H and O–H groups in total. The maximum atomic E-state index is 8.87. The number of fused-ring (bicyclic) bond motifs is 3. The van der Waals surface area contributed by atoms with Crippen LogP contribution in [0.25, 0.3) is 55.8 Å². The van der Waals surface area contributed by atoms with Gasteiger partial charge >= 0.3 is 0 Å². The molecule has 1 aliphatic rings. The summed E-state index contributed by atoms with van der Waals surface area (Å²) in [6.45, 7) is 12.6. The Bertz CT molecular complexity index is 2490. The number of aromatic nitrogens is 3. The average Bonchev–Trinajstić information content (AvgIpc) is 3.59. The maximum absolute atomic E-state index is 8.87. The normalized spacial score (nSPS) is 15.3. The summed E-state index contributed by atoms with van der Waals surface area (Å²) in [6.07, 6.45) is 6.07. The fraction of sp³-hybridized carbons (Fsp3) is 0.312. The number of hydrogen-bond donors (Lipinski definition) is 0. The monoisotopic (exact) mass is 910 g/mol. The minimum Gasteiger partial charge on any atom is -0.486 e. The molecule has 0 bridgehead atoms. The molecule has 0 amide bonds. The fourth-order valence-electron chi connectivity index (χ4n) is 6.98. The molecule has 1 aliphatic carbocycles. The van der Waals surface area contributed by atoms with E-state index in [0.717, 1.165) is 75.3 Å². The third-order valence-corrected chi connectivity index (χ3v) is 11.6. The van der Waals surface area contributed by atoms with Crippen LogP contribution in [0.1, 0.15) is 69.5 Å². The second kappa shape index (κ2) is 17.1. The van der Waals surface area contributed by atoms with Crippen molar-refractivity contribution in [2.24, 2.45) is 11.3 Å².